The van der Waals surface area contributed by atoms with E-state index in [9.17, 15) is 9.59 Å². The molecular weight excluding hydrogens is 773 g/mol. The Morgan fingerprint density at radius 3 is 1.34 bits per heavy atom. The zero-order valence-corrected chi connectivity index (χ0v) is 38.6. The third-order valence-electron chi connectivity index (χ3n) is 14.6. The van der Waals surface area contributed by atoms with Crippen molar-refractivity contribution >= 4 is 33.5 Å². The molecule has 0 heterocycles. The number of ether oxygens (including phenoxy) is 3. The van der Waals surface area contributed by atoms with Crippen molar-refractivity contribution in [1.29, 1.82) is 0 Å². The van der Waals surface area contributed by atoms with E-state index in [1.165, 1.54) is 58.4 Å². The molecule has 336 valence electrons. The molecule has 4 aromatic carbocycles. The second kappa shape index (κ2) is 20.1. The van der Waals surface area contributed by atoms with Crippen molar-refractivity contribution < 1.29 is 28.9 Å². The van der Waals surface area contributed by atoms with E-state index in [2.05, 4.69) is 125 Å². The molecular formula is C54H74N2O6. The number of carbonyl (C=O) groups excluding carboxylic acids is 1. The molecule has 8 nitrogen and oxygen atoms in total. The van der Waals surface area contributed by atoms with E-state index >= 15 is 0 Å². The number of rotatable bonds is 13. The minimum Gasteiger partial charge on any atom is -0.490 e. The van der Waals surface area contributed by atoms with Crippen LogP contribution in [-0.2, 0) is 27.4 Å². The van der Waals surface area contributed by atoms with Crippen LogP contribution in [0.2, 0.25) is 0 Å². The van der Waals surface area contributed by atoms with Gasteiger partial charge in [0.15, 0.2) is 0 Å². The Morgan fingerprint density at radius 1 is 0.565 bits per heavy atom. The lowest BCUT2D eigenvalue weighted by molar-refractivity contribution is -0.151. The quantitative estimate of drug-likeness (QED) is 0.114. The van der Waals surface area contributed by atoms with Crippen molar-refractivity contribution in [3.05, 3.63) is 83.9 Å². The fraction of sp³-hybridized carbons (Fsp3) is 0.593. The molecule has 4 fully saturated rings. The van der Waals surface area contributed by atoms with E-state index in [0.29, 0.717) is 41.7 Å². The van der Waals surface area contributed by atoms with E-state index in [-0.39, 0.29) is 17.8 Å². The van der Waals surface area contributed by atoms with Crippen molar-refractivity contribution in [3.8, 4) is 11.5 Å². The van der Waals surface area contributed by atoms with Crippen molar-refractivity contribution in [1.82, 2.24) is 10.6 Å². The maximum Gasteiger partial charge on any atom is 0.309 e. The van der Waals surface area contributed by atoms with Gasteiger partial charge in [0.05, 0.1) is 30.7 Å². The summed E-state index contributed by atoms with van der Waals surface area (Å²) in [5.41, 5.74) is 3.31. The standard InChI is InChI=1S/C28H39NO3.C26H35NO3/c1-5-31-27(30)22-15-24(16-22)29-18-19-6-7-21-17-26(11-8-20(21)14-19)32-25-12-9-23(10-13-25)28(2,3)4;1-26(2,3)21-7-10-23(11-8-21)30-24-9-6-18-12-17(4-5-19(18)15-24)16-27-22-13-20(14-22)25(28)29/h6-8,11,14,17,22-25,29H,5,9-10,12-13,15-16,18H2,1-4H3;4-6,9,12,15,20-23,27H,7-8,10-11,13-14,16H2,1-3H3,(H,28,29). The maximum atomic E-state index is 11.7. The smallest absolute Gasteiger partial charge is 0.309 e. The lowest BCUT2D eigenvalue weighted by Gasteiger charge is -2.37. The summed E-state index contributed by atoms with van der Waals surface area (Å²) in [5, 5.41) is 20.9. The van der Waals surface area contributed by atoms with Crippen LogP contribution in [0.15, 0.2) is 72.8 Å². The summed E-state index contributed by atoms with van der Waals surface area (Å²) >= 11 is 0. The fourth-order valence-corrected chi connectivity index (χ4v) is 10.1. The third-order valence-corrected chi connectivity index (χ3v) is 14.6. The van der Waals surface area contributed by atoms with Crippen molar-refractivity contribution in [2.75, 3.05) is 6.61 Å². The van der Waals surface area contributed by atoms with Gasteiger partial charge in [-0.05, 0) is 176 Å². The first-order valence-corrected chi connectivity index (χ1v) is 23.8. The monoisotopic (exact) mass is 847 g/mol. The first-order valence-electron chi connectivity index (χ1n) is 23.8. The van der Waals surface area contributed by atoms with Crippen LogP contribution in [0.25, 0.3) is 21.5 Å². The van der Waals surface area contributed by atoms with Gasteiger partial charge in [0, 0.05) is 25.2 Å². The Hall–Kier alpha value is -4.14. The number of hydrogen-bond acceptors (Lipinski definition) is 7. The van der Waals surface area contributed by atoms with Gasteiger partial charge in [0.25, 0.3) is 0 Å². The van der Waals surface area contributed by atoms with Gasteiger partial charge in [0.2, 0.25) is 0 Å². The lowest BCUT2D eigenvalue weighted by Crippen LogP contribution is -2.44. The van der Waals surface area contributed by atoms with E-state index in [1.807, 2.05) is 6.92 Å². The van der Waals surface area contributed by atoms with Crippen LogP contribution < -0.4 is 20.1 Å². The Kier molecular flexibility index (Phi) is 14.9. The normalized spacial score (nSPS) is 26.4. The van der Waals surface area contributed by atoms with E-state index in [0.717, 1.165) is 87.8 Å². The van der Waals surface area contributed by atoms with E-state index < -0.39 is 5.97 Å². The van der Waals surface area contributed by atoms with Crippen molar-refractivity contribution in [3.63, 3.8) is 0 Å². The van der Waals surface area contributed by atoms with Crippen LogP contribution in [-0.4, -0.2) is 47.9 Å². The maximum absolute atomic E-state index is 11.7. The molecule has 8 heteroatoms. The van der Waals surface area contributed by atoms with Crippen LogP contribution >= 0.6 is 0 Å². The highest BCUT2D eigenvalue weighted by Gasteiger charge is 2.36. The summed E-state index contributed by atoms with van der Waals surface area (Å²) in [6, 6.07) is 26.8. The minimum absolute atomic E-state index is 0.0449. The fourth-order valence-electron chi connectivity index (χ4n) is 10.1. The van der Waals surface area contributed by atoms with Crippen LogP contribution in [0.1, 0.15) is 137 Å². The van der Waals surface area contributed by atoms with Crippen LogP contribution in [0, 0.1) is 34.5 Å². The largest absolute Gasteiger partial charge is 0.490 e. The SMILES string of the molecule is CC(C)(C)C1CCC(Oc2ccc3cc(CNC4CC(C(=O)O)C4)ccc3c2)CC1.CCOC(=O)C1CC(NCc2ccc3cc(OC4CCC(C(C)(C)C)CC4)ccc3c2)C1. The summed E-state index contributed by atoms with van der Waals surface area (Å²) in [6.07, 6.45) is 13.6. The summed E-state index contributed by atoms with van der Waals surface area (Å²) in [5.74, 6) is 2.77. The minimum atomic E-state index is -0.668. The average molecular weight is 847 g/mol. The molecule has 0 spiro atoms. The molecule has 4 aliphatic carbocycles. The molecule has 0 bridgehead atoms. The molecule has 0 unspecified atom stereocenters. The number of fused-ring (bicyclic) bond motifs is 2. The summed E-state index contributed by atoms with van der Waals surface area (Å²) in [4.78, 5) is 22.7. The van der Waals surface area contributed by atoms with Gasteiger partial charge in [-0.3, -0.25) is 9.59 Å². The van der Waals surface area contributed by atoms with Gasteiger partial charge >= 0.3 is 11.9 Å². The topological polar surface area (TPSA) is 106 Å². The van der Waals surface area contributed by atoms with E-state index in [4.69, 9.17) is 19.3 Å². The number of esters is 1. The molecule has 0 aliphatic heterocycles. The van der Waals surface area contributed by atoms with Crippen LogP contribution in [0.4, 0.5) is 0 Å². The molecule has 8 rings (SSSR count). The van der Waals surface area contributed by atoms with Crippen molar-refractivity contribution in [2.45, 2.75) is 163 Å². The Morgan fingerprint density at radius 2 is 0.952 bits per heavy atom. The zero-order chi connectivity index (χ0) is 44.0. The van der Waals surface area contributed by atoms with Crippen molar-refractivity contribution in [2.24, 2.45) is 34.5 Å². The van der Waals surface area contributed by atoms with Gasteiger partial charge in [-0.25, -0.2) is 0 Å². The Bertz CT molecular complexity index is 2110. The first-order chi connectivity index (χ1) is 29.6. The number of nitrogens with one attached hydrogen (secondary N) is 2. The highest BCUT2D eigenvalue weighted by Crippen LogP contribution is 2.40. The molecule has 4 aromatic rings. The predicted octanol–water partition coefficient (Wildman–Crippen LogP) is 12.0. The second-order valence-electron chi connectivity index (χ2n) is 21.2. The number of hydrogen-bond donors (Lipinski definition) is 3. The van der Waals surface area contributed by atoms with Crippen LogP contribution in [0.5, 0.6) is 11.5 Å². The number of carboxylic acid groups (broad SMARTS) is 1. The molecule has 0 radical (unpaired) electrons. The van der Waals surface area contributed by atoms with Gasteiger partial charge in [-0.15, -0.1) is 0 Å². The molecule has 4 saturated carbocycles. The average Bonchev–Trinajstić information content (AvgIpc) is 3.19. The number of carboxylic acids is 1. The van der Waals surface area contributed by atoms with Gasteiger partial charge < -0.3 is 30.0 Å². The third kappa shape index (κ3) is 12.3. The summed E-state index contributed by atoms with van der Waals surface area (Å²) < 4.78 is 17.8. The molecule has 0 saturated heterocycles. The van der Waals surface area contributed by atoms with Gasteiger partial charge in [0.1, 0.15) is 11.5 Å². The highest BCUT2D eigenvalue weighted by molar-refractivity contribution is 5.85. The molecule has 0 aromatic heterocycles. The number of carbonyl (C=O) groups is 2. The van der Waals surface area contributed by atoms with E-state index in [1.54, 1.807) is 0 Å². The van der Waals surface area contributed by atoms with Gasteiger partial charge in [-0.1, -0.05) is 77.9 Å². The number of benzene rings is 4. The highest BCUT2D eigenvalue weighted by atomic mass is 16.5. The summed E-state index contributed by atoms with van der Waals surface area (Å²) in [7, 11) is 0. The predicted molar refractivity (Wildman–Crippen MR) is 251 cm³/mol. The molecule has 0 atom stereocenters. The molecule has 0 amide bonds. The lowest BCUT2D eigenvalue weighted by atomic mass is 9.72. The zero-order valence-electron chi connectivity index (χ0n) is 38.6. The first kappa shape index (κ1) is 45.9. The summed E-state index contributed by atoms with van der Waals surface area (Å²) in [6.45, 7) is 18.1. The van der Waals surface area contributed by atoms with Gasteiger partial charge in [-0.2, -0.15) is 0 Å². The molecule has 62 heavy (non-hydrogen) atoms. The Labute approximate surface area is 371 Å². The second-order valence-corrected chi connectivity index (χ2v) is 21.2. The molecule has 3 N–H and O–H groups in total. The Balaban J connectivity index is 0.000000187. The molecule has 4 aliphatic rings. The van der Waals surface area contributed by atoms with Crippen LogP contribution in [0.3, 0.4) is 0 Å². The number of aliphatic carboxylic acids is 1.